The van der Waals surface area contributed by atoms with Crippen LogP contribution >= 0.6 is 46.3 Å². The summed E-state index contributed by atoms with van der Waals surface area (Å²) in [6.07, 6.45) is 1.50. The van der Waals surface area contributed by atoms with Crippen LogP contribution in [0.4, 0.5) is 10.8 Å². The largest absolute Gasteiger partial charge is 0.466 e. The average Bonchev–Trinajstić information content (AvgIpc) is 3.44. The van der Waals surface area contributed by atoms with Gasteiger partial charge in [-0.25, -0.2) is 4.98 Å². The third-order valence-electron chi connectivity index (χ3n) is 5.98. The first kappa shape index (κ1) is 33.7. The molecule has 3 N–H and O–H groups in total. The van der Waals surface area contributed by atoms with Crippen LogP contribution in [0.3, 0.4) is 0 Å². The second-order valence-corrected chi connectivity index (χ2v) is 12.5. The molecule has 0 saturated carbocycles. The third kappa shape index (κ3) is 10.2. The average molecular weight is 684 g/mol. The van der Waals surface area contributed by atoms with Gasteiger partial charge < -0.3 is 20.7 Å². The maximum absolute atomic E-state index is 13.4. The van der Waals surface area contributed by atoms with Crippen LogP contribution in [0.2, 0.25) is 10.0 Å². The van der Waals surface area contributed by atoms with E-state index in [2.05, 4.69) is 20.9 Å². The Morgan fingerprint density at radius 2 is 1.78 bits per heavy atom. The van der Waals surface area contributed by atoms with E-state index in [1.54, 1.807) is 86.0 Å². The Hall–Kier alpha value is -4.16. The number of hydrogen-bond acceptors (Lipinski definition) is 8. The highest BCUT2D eigenvalue weighted by Gasteiger charge is 2.19. The van der Waals surface area contributed by atoms with Gasteiger partial charge in [-0.2, -0.15) is 0 Å². The molecule has 1 atom stereocenters. The minimum atomic E-state index is -0.583. The third-order valence-corrected chi connectivity index (χ3v) is 8.44. The molecule has 9 nitrogen and oxygen atoms in total. The number of carbonyl (C=O) groups is 4. The molecule has 0 saturated heterocycles. The lowest BCUT2D eigenvalue weighted by molar-refractivity contribution is -0.142. The smallest absolute Gasteiger partial charge is 0.311 e. The van der Waals surface area contributed by atoms with Gasteiger partial charge >= 0.3 is 5.97 Å². The highest BCUT2D eigenvalue weighted by Crippen LogP contribution is 2.28. The predicted octanol–water partition coefficient (Wildman–Crippen LogP) is 7.08. The van der Waals surface area contributed by atoms with Gasteiger partial charge in [0.1, 0.15) is 5.70 Å². The summed E-state index contributed by atoms with van der Waals surface area (Å²) in [6.45, 7) is 3.76. The van der Waals surface area contributed by atoms with E-state index in [9.17, 15) is 19.2 Å². The van der Waals surface area contributed by atoms with Crippen molar-refractivity contribution >= 4 is 86.9 Å². The lowest BCUT2D eigenvalue weighted by Crippen LogP contribution is -2.30. The molecule has 0 aliphatic carbocycles. The zero-order chi connectivity index (χ0) is 32.3. The molecule has 1 heterocycles. The molecule has 0 fully saturated rings. The van der Waals surface area contributed by atoms with Crippen molar-refractivity contribution in [3.05, 3.63) is 111 Å². The van der Waals surface area contributed by atoms with Crippen LogP contribution in [0.5, 0.6) is 0 Å². The molecule has 0 bridgehead atoms. The second kappa shape index (κ2) is 16.2. The molecular weight excluding hydrogens is 655 g/mol. The standard InChI is InChI=1S/C32H28Cl2N4O5S2/c1-3-43-28(39)17-24-18-44-32(36-24)38-29(40)19(2)45-25-11-7-10-23(16-25)35-31(42)27(14-21-12-13-22(33)15-26(21)34)37-30(41)20-8-5-4-6-9-20/h4-16,18-19H,3,17H2,1-2H3,(H,35,42)(H,37,41)(H,36,38,40)/b27-14+. The van der Waals surface area contributed by atoms with Crippen LogP contribution in [0.15, 0.2) is 88.8 Å². The topological polar surface area (TPSA) is 126 Å². The van der Waals surface area contributed by atoms with E-state index in [1.165, 1.54) is 29.2 Å². The predicted molar refractivity (Wildman–Crippen MR) is 180 cm³/mol. The van der Waals surface area contributed by atoms with E-state index >= 15 is 0 Å². The molecule has 1 unspecified atom stereocenters. The van der Waals surface area contributed by atoms with E-state index < -0.39 is 17.1 Å². The fourth-order valence-corrected chi connectivity index (χ4v) is 5.93. The van der Waals surface area contributed by atoms with Gasteiger partial charge in [-0.05, 0) is 68.0 Å². The Morgan fingerprint density at radius 3 is 2.51 bits per heavy atom. The van der Waals surface area contributed by atoms with Crippen LogP contribution < -0.4 is 16.0 Å². The van der Waals surface area contributed by atoms with Crippen molar-refractivity contribution in [3.63, 3.8) is 0 Å². The zero-order valence-corrected chi connectivity index (χ0v) is 27.3. The highest BCUT2D eigenvalue weighted by atomic mass is 35.5. The van der Waals surface area contributed by atoms with Crippen molar-refractivity contribution in [1.82, 2.24) is 10.3 Å². The molecule has 4 aromatic rings. The van der Waals surface area contributed by atoms with E-state index in [1.807, 2.05) is 6.07 Å². The molecule has 0 radical (unpaired) electrons. The number of anilines is 2. The van der Waals surface area contributed by atoms with Gasteiger partial charge in [0, 0.05) is 31.6 Å². The maximum Gasteiger partial charge on any atom is 0.311 e. The molecule has 3 aromatic carbocycles. The Labute approximate surface area is 278 Å². The first-order valence-electron chi connectivity index (χ1n) is 13.6. The Bertz CT molecular complexity index is 1730. The van der Waals surface area contributed by atoms with Crippen molar-refractivity contribution in [2.24, 2.45) is 0 Å². The van der Waals surface area contributed by atoms with E-state index in [-0.39, 0.29) is 30.6 Å². The number of amides is 3. The number of thioether (sulfide) groups is 1. The molecule has 0 aliphatic heterocycles. The van der Waals surface area contributed by atoms with Gasteiger partial charge in [-0.3, -0.25) is 19.2 Å². The molecule has 232 valence electrons. The minimum absolute atomic E-state index is 0.0304. The fourth-order valence-electron chi connectivity index (χ4n) is 3.83. The zero-order valence-electron chi connectivity index (χ0n) is 24.1. The summed E-state index contributed by atoms with van der Waals surface area (Å²) in [5.74, 6) is -1.72. The number of aromatic nitrogens is 1. The number of ether oxygens (including phenoxy) is 1. The number of nitrogens with zero attached hydrogens (tertiary/aromatic N) is 1. The molecule has 3 amide bonds. The summed E-state index contributed by atoms with van der Waals surface area (Å²) in [5, 5.41) is 10.6. The Kier molecular flexibility index (Phi) is 12.2. The number of hydrogen-bond donors (Lipinski definition) is 3. The number of benzene rings is 3. The molecular formula is C32H28Cl2N4O5S2. The molecule has 0 spiro atoms. The molecule has 0 aliphatic rings. The van der Waals surface area contributed by atoms with Crippen LogP contribution in [-0.4, -0.2) is 40.5 Å². The molecule has 45 heavy (non-hydrogen) atoms. The summed E-state index contributed by atoms with van der Waals surface area (Å²) >= 11 is 14.9. The van der Waals surface area contributed by atoms with Gasteiger partial charge in [-0.1, -0.05) is 53.5 Å². The summed E-state index contributed by atoms with van der Waals surface area (Å²) in [5.41, 5.74) is 1.78. The van der Waals surface area contributed by atoms with Gasteiger partial charge in [-0.15, -0.1) is 23.1 Å². The van der Waals surface area contributed by atoms with Crippen molar-refractivity contribution in [2.45, 2.75) is 30.4 Å². The number of esters is 1. The Morgan fingerprint density at radius 1 is 1.00 bits per heavy atom. The van der Waals surface area contributed by atoms with Crippen molar-refractivity contribution in [2.75, 3.05) is 17.2 Å². The van der Waals surface area contributed by atoms with Crippen LogP contribution in [0, 0.1) is 0 Å². The van der Waals surface area contributed by atoms with Gasteiger partial charge in [0.25, 0.3) is 11.8 Å². The number of nitrogens with one attached hydrogen (secondary N) is 3. The van der Waals surface area contributed by atoms with E-state index in [0.29, 0.717) is 37.7 Å². The summed E-state index contributed by atoms with van der Waals surface area (Å²) in [4.78, 5) is 55.9. The SMILES string of the molecule is CCOC(=O)Cc1csc(NC(=O)C(C)Sc2cccc(NC(=O)/C(=C\c3ccc(Cl)cc3Cl)NC(=O)c3ccccc3)c2)n1. The molecule has 1 aromatic heterocycles. The maximum atomic E-state index is 13.4. The summed E-state index contributed by atoms with van der Waals surface area (Å²) in [6, 6.07) is 20.3. The van der Waals surface area contributed by atoms with E-state index in [0.717, 1.165) is 4.90 Å². The summed E-state index contributed by atoms with van der Waals surface area (Å²) < 4.78 is 4.94. The van der Waals surface area contributed by atoms with Crippen molar-refractivity contribution in [1.29, 1.82) is 0 Å². The van der Waals surface area contributed by atoms with Gasteiger partial charge in [0.05, 0.1) is 24.0 Å². The highest BCUT2D eigenvalue weighted by molar-refractivity contribution is 8.00. The van der Waals surface area contributed by atoms with E-state index in [4.69, 9.17) is 27.9 Å². The van der Waals surface area contributed by atoms with Gasteiger partial charge in [0.15, 0.2) is 5.13 Å². The van der Waals surface area contributed by atoms with Crippen LogP contribution in [-0.2, 0) is 25.5 Å². The first-order valence-corrected chi connectivity index (χ1v) is 16.1. The normalized spacial score (nSPS) is 11.8. The summed E-state index contributed by atoms with van der Waals surface area (Å²) in [7, 11) is 0. The molecule has 4 rings (SSSR count). The second-order valence-electron chi connectivity index (χ2n) is 9.40. The number of carbonyl (C=O) groups excluding carboxylic acids is 4. The van der Waals surface area contributed by atoms with Crippen LogP contribution in [0.25, 0.3) is 6.08 Å². The van der Waals surface area contributed by atoms with Crippen molar-refractivity contribution in [3.8, 4) is 0 Å². The lowest BCUT2D eigenvalue weighted by atomic mass is 10.1. The first-order chi connectivity index (χ1) is 21.6. The van der Waals surface area contributed by atoms with Gasteiger partial charge in [0.2, 0.25) is 5.91 Å². The van der Waals surface area contributed by atoms with Crippen molar-refractivity contribution < 1.29 is 23.9 Å². The lowest BCUT2D eigenvalue weighted by Gasteiger charge is -2.14. The monoisotopic (exact) mass is 682 g/mol. The quantitative estimate of drug-likeness (QED) is 0.0828. The Balaban J connectivity index is 1.44. The number of rotatable bonds is 12. The minimum Gasteiger partial charge on any atom is -0.466 e. The number of halogens is 2. The molecule has 13 heteroatoms. The number of thiazole rings is 1. The van der Waals surface area contributed by atoms with Crippen LogP contribution in [0.1, 0.15) is 35.5 Å². The fraction of sp³-hybridized carbons (Fsp3) is 0.156.